The molecule has 0 aromatic carbocycles. The molecule has 4 fully saturated rings. The van der Waals surface area contributed by atoms with E-state index in [9.17, 15) is 9.13 Å². The Balaban J connectivity index is 1.18. The number of nitrogens with zero attached hydrogens (tertiary/aromatic N) is 4. The molecule has 0 unspecified atom stereocenters. The summed E-state index contributed by atoms with van der Waals surface area (Å²) < 4.78 is 36.5. The highest BCUT2D eigenvalue weighted by Crippen LogP contribution is 2.63. The summed E-state index contributed by atoms with van der Waals surface area (Å²) in [7, 11) is 3.70. The van der Waals surface area contributed by atoms with E-state index >= 15 is 0 Å². The van der Waals surface area contributed by atoms with Crippen molar-refractivity contribution in [2.45, 2.75) is 108 Å². The Morgan fingerprint density at radius 1 is 0.516 bits per heavy atom. The van der Waals surface area contributed by atoms with Crippen LogP contribution in [0.15, 0.2) is 0 Å². The van der Waals surface area contributed by atoms with Gasteiger partial charge in [-0.1, -0.05) is 44.9 Å². The van der Waals surface area contributed by atoms with Crippen LogP contribution in [0.5, 0.6) is 0 Å². The topological polar surface area (TPSA) is 47.1 Å². The molecule has 2 saturated heterocycles. The summed E-state index contributed by atoms with van der Waals surface area (Å²) in [6.07, 6.45) is 17.2. The van der Waals surface area contributed by atoms with E-state index in [0.29, 0.717) is 24.2 Å². The van der Waals surface area contributed by atoms with Crippen molar-refractivity contribution in [3.63, 3.8) is 0 Å². The van der Waals surface area contributed by atoms with Crippen LogP contribution in [-0.2, 0) is 9.13 Å². The van der Waals surface area contributed by atoms with E-state index in [1.165, 1.54) is 57.8 Å². The normalized spacial score (nSPS) is 36.5. The van der Waals surface area contributed by atoms with Crippen molar-refractivity contribution in [3.8, 4) is 0 Å². The molecule has 180 valence electrons. The molecule has 0 amide bonds. The molecule has 4 rings (SSSR count). The second kappa shape index (κ2) is 9.88. The van der Waals surface area contributed by atoms with Gasteiger partial charge in [0.1, 0.15) is 0 Å². The number of fused-ring (bicyclic) bond motifs is 2. The molecule has 2 aliphatic carbocycles. The highest BCUT2D eigenvalue weighted by molar-refractivity contribution is 7.59. The zero-order valence-electron chi connectivity index (χ0n) is 20.4. The predicted molar refractivity (Wildman–Crippen MR) is 131 cm³/mol. The van der Waals surface area contributed by atoms with Crippen molar-refractivity contribution in [3.05, 3.63) is 0 Å². The maximum atomic E-state index is 13.7. The highest BCUT2D eigenvalue weighted by atomic mass is 31.2. The van der Waals surface area contributed by atoms with Gasteiger partial charge in [0.25, 0.3) is 0 Å². The van der Waals surface area contributed by atoms with Gasteiger partial charge >= 0.3 is 0 Å². The van der Waals surface area contributed by atoms with Gasteiger partial charge in [-0.25, -0.2) is 18.7 Å². The summed E-state index contributed by atoms with van der Waals surface area (Å²) >= 11 is 0. The minimum atomic E-state index is -2.36. The first-order valence-corrected chi connectivity index (χ1v) is 16.5. The van der Waals surface area contributed by atoms with Gasteiger partial charge in [-0.05, 0) is 66.7 Å². The lowest BCUT2D eigenvalue weighted by Gasteiger charge is -2.28. The van der Waals surface area contributed by atoms with E-state index in [1.54, 1.807) is 0 Å². The Bertz CT molecular complexity index is 618. The Morgan fingerprint density at radius 2 is 0.774 bits per heavy atom. The second-order valence-electron chi connectivity index (χ2n) is 10.7. The average Bonchev–Trinajstić information content (AvgIpc) is 3.10. The number of rotatable bonds is 8. The van der Waals surface area contributed by atoms with Crippen LogP contribution < -0.4 is 0 Å². The van der Waals surface area contributed by atoms with Crippen molar-refractivity contribution in [1.29, 1.82) is 0 Å². The van der Waals surface area contributed by atoms with Crippen LogP contribution in [0.3, 0.4) is 0 Å². The summed E-state index contributed by atoms with van der Waals surface area (Å²) in [5, 5.41) is 0. The average molecular weight is 473 g/mol. The van der Waals surface area contributed by atoms with E-state index in [1.807, 2.05) is 0 Å². The van der Waals surface area contributed by atoms with Gasteiger partial charge in [-0.2, -0.15) is 0 Å². The number of hydrogen-bond donors (Lipinski definition) is 0. The molecule has 0 N–H and O–H groups in total. The van der Waals surface area contributed by atoms with Crippen molar-refractivity contribution < 1.29 is 9.13 Å². The molecule has 0 aromatic rings. The maximum absolute atomic E-state index is 13.7. The smallest absolute Gasteiger partial charge is 0.216 e. The predicted octanol–water partition coefficient (Wildman–Crippen LogP) is 5.70. The molecule has 0 aromatic heterocycles. The van der Waals surface area contributed by atoms with Crippen molar-refractivity contribution in [2.24, 2.45) is 0 Å². The number of likely N-dealkylation sites (N-methyl/N-ethyl adjacent to an activating group) is 4. The van der Waals surface area contributed by atoms with E-state index in [-0.39, 0.29) is 0 Å². The second-order valence-corrected chi connectivity index (χ2v) is 16.8. The van der Waals surface area contributed by atoms with Crippen molar-refractivity contribution >= 4 is 14.9 Å². The minimum absolute atomic E-state index is 0.505. The van der Waals surface area contributed by atoms with Gasteiger partial charge in [-0.15, -0.1) is 0 Å². The van der Waals surface area contributed by atoms with E-state index < -0.39 is 14.9 Å². The Kier molecular flexibility index (Phi) is 7.79. The molecule has 31 heavy (non-hydrogen) atoms. The number of unbranched alkanes of at least 4 members (excludes halogenated alkanes) is 4. The zero-order chi connectivity index (χ0) is 22.2. The van der Waals surface area contributed by atoms with Crippen molar-refractivity contribution in [2.75, 3.05) is 40.5 Å². The fraction of sp³-hybridized carbons (Fsp3) is 1.00. The van der Waals surface area contributed by atoms with Gasteiger partial charge in [-0.3, -0.25) is 9.13 Å². The third-order valence-electron chi connectivity index (χ3n) is 9.18. The molecular weight excluding hydrogens is 426 g/mol. The van der Waals surface area contributed by atoms with Crippen LogP contribution in [0.4, 0.5) is 0 Å². The van der Waals surface area contributed by atoms with E-state index in [2.05, 4.69) is 46.9 Å². The largest absolute Gasteiger partial charge is 0.289 e. The van der Waals surface area contributed by atoms with Crippen LogP contribution >= 0.6 is 14.9 Å². The van der Waals surface area contributed by atoms with Gasteiger partial charge in [0.2, 0.25) is 14.9 Å². The molecule has 8 heteroatoms. The fourth-order valence-electron chi connectivity index (χ4n) is 7.10. The third-order valence-corrected chi connectivity index (χ3v) is 16.1. The summed E-state index contributed by atoms with van der Waals surface area (Å²) in [5.41, 5.74) is 0. The Hall–Kier alpha value is 0.300. The molecule has 0 bridgehead atoms. The number of hydrogen-bond acceptors (Lipinski definition) is 2. The summed E-state index contributed by atoms with van der Waals surface area (Å²) in [5.74, 6) is 0. The third kappa shape index (κ3) is 4.40. The van der Waals surface area contributed by atoms with Gasteiger partial charge in [0, 0.05) is 36.5 Å². The van der Waals surface area contributed by atoms with Crippen LogP contribution in [0.1, 0.15) is 83.5 Å². The molecule has 4 aliphatic rings. The standard InChI is InChI=1S/C23H46N4O2P2/c1-24-20-14-8-9-15-21(20)25(2)30(24,28)18-12-6-5-7-13-19-31(29)26(3)22-16-10-11-17-23(22)27(31)4/h20-23H,5-19H2,1-4H3/t20-,21-,22-,23-/m1/s1. The van der Waals surface area contributed by atoms with Crippen molar-refractivity contribution in [1.82, 2.24) is 18.7 Å². The molecule has 0 spiro atoms. The molecular formula is C23H46N4O2P2. The fourth-order valence-corrected chi connectivity index (χ4v) is 13.5. The van der Waals surface area contributed by atoms with E-state index in [0.717, 1.165) is 38.0 Å². The molecule has 2 saturated carbocycles. The molecule has 2 heterocycles. The van der Waals surface area contributed by atoms with Crippen LogP contribution in [-0.4, -0.2) is 83.4 Å². The summed E-state index contributed by atoms with van der Waals surface area (Å²) in [4.78, 5) is 0. The first-order valence-electron chi connectivity index (χ1n) is 12.9. The van der Waals surface area contributed by atoms with Gasteiger partial charge < -0.3 is 0 Å². The maximum Gasteiger partial charge on any atom is 0.216 e. The lowest BCUT2D eigenvalue weighted by Crippen LogP contribution is -2.37. The van der Waals surface area contributed by atoms with Crippen LogP contribution in [0, 0.1) is 0 Å². The molecule has 2 aliphatic heterocycles. The first-order chi connectivity index (χ1) is 14.8. The molecule has 0 radical (unpaired) electrons. The van der Waals surface area contributed by atoms with Crippen LogP contribution in [0.2, 0.25) is 0 Å². The first kappa shape index (κ1) is 24.4. The summed E-state index contributed by atoms with van der Waals surface area (Å²) in [6.45, 7) is 0. The quantitative estimate of drug-likeness (QED) is 0.334. The SMILES string of the molecule is CN1[C@@H]2CCCC[C@H]2N(C)P1(=O)CCCCCCCP1(=O)N(C)[C@@H]2CCCC[C@H]2N1C. The lowest BCUT2D eigenvalue weighted by atomic mass is 9.91. The Morgan fingerprint density at radius 3 is 1.06 bits per heavy atom. The molecule has 6 nitrogen and oxygen atoms in total. The monoisotopic (exact) mass is 472 g/mol. The Labute approximate surface area is 191 Å². The highest BCUT2D eigenvalue weighted by Gasteiger charge is 2.51. The van der Waals surface area contributed by atoms with Gasteiger partial charge in [0.05, 0.1) is 0 Å². The van der Waals surface area contributed by atoms with E-state index in [4.69, 9.17) is 0 Å². The minimum Gasteiger partial charge on any atom is -0.289 e. The lowest BCUT2D eigenvalue weighted by molar-refractivity contribution is 0.233. The molecule has 4 atom stereocenters. The zero-order valence-corrected chi connectivity index (χ0v) is 22.2. The van der Waals surface area contributed by atoms with Crippen LogP contribution in [0.25, 0.3) is 0 Å². The summed E-state index contributed by atoms with van der Waals surface area (Å²) in [6, 6.07) is 2.02. The van der Waals surface area contributed by atoms with Gasteiger partial charge in [0.15, 0.2) is 0 Å².